The first kappa shape index (κ1) is 16.1. The second kappa shape index (κ2) is 5.95. The van der Waals surface area contributed by atoms with Gasteiger partial charge in [-0.25, -0.2) is 4.98 Å². The van der Waals surface area contributed by atoms with Crippen molar-refractivity contribution >= 4 is 28.4 Å². The summed E-state index contributed by atoms with van der Waals surface area (Å²) in [5, 5.41) is 24.2. The number of hydrogen-bond donors (Lipinski definition) is 3. The fourth-order valence-electron chi connectivity index (χ4n) is 4.72. The highest BCUT2D eigenvalue weighted by Crippen LogP contribution is 2.58. The van der Waals surface area contributed by atoms with Crippen molar-refractivity contribution in [3.63, 3.8) is 0 Å². The summed E-state index contributed by atoms with van der Waals surface area (Å²) in [5.41, 5.74) is 1.95. The number of fused-ring (bicyclic) bond motifs is 2. The molecule has 3 heterocycles. The third kappa shape index (κ3) is 2.78. The van der Waals surface area contributed by atoms with Gasteiger partial charge in [-0.1, -0.05) is 0 Å². The zero-order valence-electron chi connectivity index (χ0n) is 15.2. The first-order chi connectivity index (χ1) is 13.1. The third-order valence-corrected chi connectivity index (χ3v) is 5.92. The van der Waals surface area contributed by atoms with Crippen LogP contribution in [0.25, 0.3) is 10.9 Å². The van der Waals surface area contributed by atoms with Gasteiger partial charge >= 0.3 is 0 Å². The highest BCUT2D eigenvalue weighted by Gasteiger charge is 2.55. The predicted octanol–water partition coefficient (Wildman–Crippen LogP) is 3.90. The van der Waals surface area contributed by atoms with Crippen molar-refractivity contribution in [2.45, 2.75) is 38.1 Å². The van der Waals surface area contributed by atoms with Gasteiger partial charge in [0.25, 0.3) is 0 Å². The molecule has 0 radical (unpaired) electrons. The van der Waals surface area contributed by atoms with Crippen LogP contribution in [-0.2, 0) is 0 Å². The molecule has 7 heteroatoms. The van der Waals surface area contributed by atoms with Crippen LogP contribution in [-0.4, -0.2) is 25.7 Å². The normalized spacial score (nSPS) is 25.8. The van der Waals surface area contributed by atoms with Crippen LogP contribution >= 0.6 is 0 Å². The molecule has 2 bridgehead atoms. The largest absolute Gasteiger partial charge is 0.364 e. The second-order valence-electron chi connectivity index (χ2n) is 7.89. The molecule has 0 unspecified atom stereocenters. The molecule has 0 aromatic carbocycles. The second-order valence-corrected chi connectivity index (χ2v) is 7.89. The number of hydrogen-bond acceptors (Lipinski definition) is 6. The summed E-state index contributed by atoms with van der Waals surface area (Å²) in [4.78, 5) is 9.34. The molecule has 0 amide bonds. The van der Waals surface area contributed by atoms with E-state index < -0.39 is 0 Å². The van der Waals surface area contributed by atoms with Crippen LogP contribution in [0, 0.1) is 30.1 Å². The Kier molecular flexibility index (Phi) is 3.54. The van der Waals surface area contributed by atoms with Crippen LogP contribution in [0.4, 0.5) is 17.5 Å². The predicted molar refractivity (Wildman–Crippen MR) is 104 cm³/mol. The maximum atomic E-state index is 9.05. The van der Waals surface area contributed by atoms with E-state index in [1.165, 1.54) is 0 Å². The molecule has 0 saturated heterocycles. The van der Waals surface area contributed by atoms with Gasteiger partial charge in [0.05, 0.1) is 11.6 Å². The summed E-state index contributed by atoms with van der Waals surface area (Å²) in [5.74, 6) is 3.49. The summed E-state index contributed by atoms with van der Waals surface area (Å²) in [7, 11) is 0. The Morgan fingerprint density at radius 1 is 1.30 bits per heavy atom. The van der Waals surface area contributed by atoms with Crippen LogP contribution in [0.1, 0.15) is 31.4 Å². The molecule has 3 fully saturated rings. The van der Waals surface area contributed by atoms with Gasteiger partial charge in [0.15, 0.2) is 5.82 Å². The Morgan fingerprint density at radius 2 is 2.19 bits per heavy atom. The lowest BCUT2D eigenvalue weighted by atomic mass is 9.76. The van der Waals surface area contributed by atoms with Crippen LogP contribution in [0.3, 0.4) is 0 Å². The number of nitriles is 1. The smallest absolute Gasteiger partial charge is 0.153 e. The fraction of sp³-hybridized carbons (Fsp3) is 0.400. The maximum Gasteiger partial charge on any atom is 0.153 e. The standard InChI is InChI=1S/C20H21N7/c1-12-7-18(27-26-12)23-17-8-16-15(3-2-6-22-16)19(24-17)25-20-9-13(4-5-21)14(10-20)11-20/h2-3,6-8,13-14H,4,9-11H2,1H3,(H3,23,24,25,26,27)/t13-,14?,20?/m0/s1. The summed E-state index contributed by atoms with van der Waals surface area (Å²) in [6, 6.07) is 10.2. The lowest BCUT2D eigenvalue weighted by Crippen LogP contribution is -2.43. The lowest BCUT2D eigenvalue weighted by Gasteiger charge is -2.40. The summed E-state index contributed by atoms with van der Waals surface area (Å²) < 4.78 is 0. The molecule has 136 valence electrons. The molecular weight excluding hydrogens is 338 g/mol. The zero-order chi connectivity index (χ0) is 18.4. The monoisotopic (exact) mass is 359 g/mol. The van der Waals surface area contributed by atoms with Crippen LogP contribution in [0.15, 0.2) is 30.5 Å². The number of aromatic amines is 1. The number of aryl methyl sites for hydroxylation is 1. The molecule has 3 aliphatic rings. The Labute approximate surface area is 157 Å². The van der Waals surface area contributed by atoms with Crippen molar-refractivity contribution in [1.29, 1.82) is 5.26 Å². The topological polar surface area (TPSA) is 102 Å². The minimum Gasteiger partial charge on any atom is -0.364 e. The first-order valence-electron chi connectivity index (χ1n) is 9.34. The average Bonchev–Trinajstić information content (AvgIpc) is 3.28. The zero-order valence-corrected chi connectivity index (χ0v) is 15.2. The number of nitrogens with zero attached hydrogens (tertiary/aromatic N) is 4. The van der Waals surface area contributed by atoms with Gasteiger partial charge in [-0.05, 0) is 50.2 Å². The molecule has 0 spiro atoms. The van der Waals surface area contributed by atoms with E-state index in [0.29, 0.717) is 24.1 Å². The molecule has 6 rings (SSSR count). The van der Waals surface area contributed by atoms with E-state index in [2.05, 4.69) is 38.0 Å². The number of nitrogens with one attached hydrogen (secondary N) is 3. The van der Waals surface area contributed by atoms with E-state index in [4.69, 9.17) is 10.2 Å². The number of rotatable bonds is 5. The molecule has 1 atom stereocenters. The van der Waals surface area contributed by atoms with Gasteiger partial charge in [0, 0.05) is 41.4 Å². The fourth-order valence-corrected chi connectivity index (χ4v) is 4.72. The number of aromatic nitrogens is 4. The van der Waals surface area contributed by atoms with Crippen LogP contribution in [0.2, 0.25) is 0 Å². The van der Waals surface area contributed by atoms with Crippen molar-refractivity contribution in [3.05, 3.63) is 36.2 Å². The number of pyridine rings is 2. The first-order valence-corrected chi connectivity index (χ1v) is 9.34. The van der Waals surface area contributed by atoms with Crippen LogP contribution < -0.4 is 10.6 Å². The van der Waals surface area contributed by atoms with Crippen LogP contribution in [0.5, 0.6) is 0 Å². The van der Waals surface area contributed by atoms with Gasteiger partial charge < -0.3 is 10.6 Å². The van der Waals surface area contributed by atoms with E-state index in [1.807, 2.05) is 25.1 Å². The van der Waals surface area contributed by atoms with Gasteiger partial charge in [-0.3, -0.25) is 10.1 Å². The van der Waals surface area contributed by atoms with Gasteiger partial charge in [0.2, 0.25) is 0 Å². The summed E-state index contributed by atoms with van der Waals surface area (Å²) >= 11 is 0. The van der Waals surface area contributed by atoms with Gasteiger partial charge in [0.1, 0.15) is 11.6 Å². The Hall–Kier alpha value is -3.14. The molecule has 0 aliphatic heterocycles. The Morgan fingerprint density at radius 3 is 2.96 bits per heavy atom. The number of anilines is 3. The lowest BCUT2D eigenvalue weighted by molar-refractivity contribution is 0.252. The minimum atomic E-state index is 0.0729. The highest BCUT2D eigenvalue weighted by atomic mass is 15.2. The van der Waals surface area contributed by atoms with E-state index in [1.54, 1.807) is 6.20 Å². The molecule has 7 nitrogen and oxygen atoms in total. The third-order valence-electron chi connectivity index (χ3n) is 5.92. The molecular formula is C20H21N7. The molecule has 3 aromatic heterocycles. The average molecular weight is 359 g/mol. The van der Waals surface area contributed by atoms with Gasteiger partial charge in [-0.2, -0.15) is 10.4 Å². The van der Waals surface area contributed by atoms with Crippen molar-refractivity contribution in [2.75, 3.05) is 10.6 Å². The van der Waals surface area contributed by atoms with E-state index in [0.717, 1.165) is 47.5 Å². The maximum absolute atomic E-state index is 9.05. The van der Waals surface area contributed by atoms with Crippen molar-refractivity contribution < 1.29 is 0 Å². The highest BCUT2D eigenvalue weighted by molar-refractivity contribution is 5.91. The minimum absolute atomic E-state index is 0.0729. The summed E-state index contributed by atoms with van der Waals surface area (Å²) in [6.45, 7) is 1.96. The molecule has 3 aromatic rings. The van der Waals surface area contributed by atoms with Crippen molar-refractivity contribution in [1.82, 2.24) is 20.2 Å². The van der Waals surface area contributed by atoms with Crippen molar-refractivity contribution in [2.24, 2.45) is 11.8 Å². The molecule has 3 N–H and O–H groups in total. The van der Waals surface area contributed by atoms with E-state index >= 15 is 0 Å². The quantitative estimate of drug-likeness (QED) is 0.638. The van der Waals surface area contributed by atoms with E-state index in [-0.39, 0.29) is 5.54 Å². The Balaban J connectivity index is 1.47. The molecule has 27 heavy (non-hydrogen) atoms. The number of H-pyrrole nitrogens is 1. The molecule has 3 aliphatic carbocycles. The van der Waals surface area contributed by atoms with Gasteiger partial charge in [-0.15, -0.1) is 0 Å². The SMILES string of the molecule is Cc1cc(Nc2cc3ncccc3c(NC34CC(C3)[C@@H](CC#N)C4)n2)n[nH]1. The molecule has 3 saturated carbocycles. The summed E-state index contributed by atoms with van der Waals surface area (Å²) in [6.07, 6.45) is 5.75. The van der Waals surface area contributed by atoms with Crippen molar-refractivity contribution in [3.8, 4) is 6.07 Å². The Bertz CT molecular complexity index is 1040. The van der Waals surface area contributed by atoms with E-state index in [9.17, 15) is 0 Å².